The molecule has 5 N–H and O–H groups in total. The van der Waals surface area contributed by atoms with Crippen molar-refractivity contribution in [2.24, 2.45) is 11.5 Å². The minimum atomic E-state index is -0.879. The van der Waals surface area contributed by atoms with Crippen molar-refractivity contribution in [2.75, 3.05) is 6.54 Å². The first-order chi connectivity index (χ1) is 6.06. The van der Waals surface area contributed by atoms with E-state index in [1.165, 1.54) is 0 Å². The molecule has 72 valence electrons. The summed E-state index contributed by atoms with van der Waals surface area (Å²) < 4.78 is 25.5. The molecule has 0 aliphatic heterocycles. The van der Waals surface area contributed by atoms with Gasteiger partial charge in [-0.05, 0) is 0 Å². The number of halogens is 2. The molecule has 1 aromatic rings. The standard InChI is InChI=1S/C8H10F2N2O/c9-4-1-5(10)8(6(12)3-11)7(13)2-4/h1-2,6,13H,3,11-12H2/t6-/m1/s1. The van der Waals surface area contributed by atoms with Gasteiger partial charge in [-0.3, -0.25) is 0 Å². The van der Waals surface area contributed by atoms with Gasteiger partial charge in [-0.1, -0.05) is 0 Å². The lowest BCUT2D eigenvalue weighted by Gasteiger charge is -2.11. The lowest BCUT2D eigenvalue weighted by molar-refractivity contribution is 0.441. The largest absolute Gasteiger partial charge is 0.507 e. The molecular formula is C8H10F2N2O. The summed E-state index contributed by atoms with van der Waals surface area (Å²) in [7, 11) is 0. The average Bonchev–Trinajstić information content (AvgIpc) is 2.02. The molecule has 1 atom stereocenters. The third-order valence-electron chi connectivity index (χ3n) is 1.70. The van der Waals surface area contributed by atoms with Gasteiger partial charge in [0.15, 0.2) is 0 Å². The van der Waals surface area contributed by atoms with Crippen LogP contribution in [0.5, 0.6) is 5.75 Å². The van der Waals surface area contributed by atoms with Crippen LogP contribution in [0.25, 0.3) is 0 Å². The SMILES string of the molecule is NC[C@@H](N)c1c(O)cc(F)cc1F. The number of nitrogens with two attached hydrogens (primary N) is 2. The molecule has 0 saturated carbocycles. The highest BCUT2D eigenvalue weighted by Crippen LogP contribution is 2.26. The van der Waals surface area contributed by atoms with E-state index in [2.05, 4.69) is 0 Å². The Labute approximate surface area is 74.0 Å². The maximum Gasteiger partial charge on any atom is 0.134 e. The van der Waals surface area contributed by atoms with Gasteiger partial charge in [-0.2, -0.15) is 0 Å². The van der Waals surface area contributed by atoms with Crippen molar-refractivity contribution >= 4 is 0 Å². The second-order valence-corrected chi connectivity index (χ2v) is 2.66. The second-order valence-electron chi connectivity index (χ2n) is 2.66. The Kier molecular flexibility index (Phi) is 2.79. The van der Waals surface area contributed by atoms with E-state index in [0.717, 1.165) is 6.07 Å². The van der Waals surface area contributed by atoms with Crippen molar-refractivity contribution in [3.63, 3.8) is 0 Å². The minimum Gasteiger partial charge on any atom is -0.507 e. The molecule has 0 spiro atoms. The van der Waals surface area contributed by atoms with Gasteiger partial charge in [-0.25, -0.2) is 8.78 Å². The molecule has 13 heavy (non-hydrogen) atoms. The summed E-state index contributed by atoms with van der Waals surface area (Å²) in [5.41, 5.74) is 10.4. The van der Waals surface area contributed by atoms with Crippen molar-refractivity contribution in [3.8, 4) is 5.75 Å². The zero-order valence-electron chi connectivity index (χ0n) is 6.80. The van der Waals surface area contributed by atoms with Gasteiger partial charge in [-0.15, -0.1) is 0 Å². The smallest absolute Gasteiger partial charge is 0.134 e. The van der Waals surface area contributed by atoms with Gasteiger partial charge < -0.3 is 16.6 Å². The van der Waals surface area contributed by atoms with Crippen LogP contribution in [0.4, 0.5) is 8.78 Å². The maximum absolute atomic E-state index is 13.0. The number of aromatic hydroxyl groups is 1. The second kappa shape index (κ2) is 3.68. The molecule has 0 fully saturated rings. The van der Waals surface area contributed by atoms with Crippen molar-refractivity contribution in [2.45, 2.75) is 6.04 Å². The van der Waals surface area contributed by atoms with Crippen LogP contribution in [-0.4, -0.2) is 11.7 Å². The van der Waals surface area contributed by atoms with E-state index in [9.17, 15) is 8.78 Å². The fourth-order valence-corrected chi connectivity index (χ4v) is 1.06. The van der Waals surface area contributed by atoms with E-state index in [1.54, 1.807) is 0 Å². The van der Waals surface area contributed by atoms with Crippen LogP contribution in [0.15, 0.2) is 12.1 Å². The predicted molar refractivity (Wildman–Crippen MR) is 44.0 cm³/mol. The van der Waals surface area contributed by atoms with Crippen LogP contribution in [-0.2, 0) is 0 Å². The number of phenols is 1. The minimum absolute atomic E-state index is 0.0177. The number of hydrogen-bond acceptors (Lipinski definition) is 3. The Balaban J connectivity index is 3.20. The fourth-order valence-electron chi connectivity index (χ4n) is 1.06. The highest BCUT2D eigenvalue weighted by atomic mass is 19.1. The molecule has 0 bridgehead atoms. The Hall–Kier alpha value is -1.20. The van der Waals surface area contributed by atoms with Crippen LogP contribution in [0.2, 0.25) is 0 Å². The van der Waals surface area contributed by atoms with E-state index in [4.69, 9.17) is 16.6 Å². The molecule has 0 radical (unpaired) electrons. The third kappa shape index (κ3) is 1.93. The molecule has 5 heteroatoms. The molecule has 0 saturated heterocycles. The van der Waals surface area contributed by atoms with Gasteiger partial charge >= 0.3 is 0 Å². The molecule has 0 unspecified atom stereocenters. The van der Waals surface area contributed by atoms with Gasteiger partial charge in [0.2, 0.25) is 0 Å². The highest BCUT2D eigenvalue weighted by molar-refractivity contribution is 5.36. The molecule has 1 aromatic carbocycles. The van der Waals surface area contributed by atoms with E-state index in [-0.39, 0.29) is 12.1 Å². The first kappa shape index (κ1) is 9.88. The molecular weight excluding hydrogens is 178 g/mol. The fraction of sp³-hybridized carbons (Fsp3) is 0.250. The summed E-state index contributed by atoms with van der Waals surface area (Å²) in [5, 5.41) is 9.16. The normalized spacial score (nSPS) is 12.9. The lowest BCUT2D eigenvalue weighted by atomic mass is 10.1. The van der Waals surface area contributed by atoms with E-state index < -0.39 is 23.4 Å². The highest BCUT2D eigenvalue weighted by Gasteiger charge is 2.16. The maximum atomic E-state index is 13.0. The van der Waals surface area contributed by atoms with Crippen molar-refractivity contribution in [1.29, 1.82) is 0 Å². The van der Waals surface area contributed by atoms with Crippen LogP contribution in [0.3, 0.4) is 0 Å². The number of benzene rings is 1. The Morgan fingerprint density at radius 2 is 2.00 bits per heavy atom. The van der Waals surface area contributed by atoms with Gasteiger partial charge in [0.1, 0.15) is 17.4 Å². The number of phenolic OH excluding ortho intramolecular Hbond substituents is 1. The van der Waals surface area contributed by atoms with Crippen molar-refractivity contribution in [3.05, 3.63) is 29.3 Å². The molecule has 0 amide bonds. The molecule has 0 heterocycles. The number of rotatable bonds is 2. The predicted octanol–water partition coefficient (Wildman–Crippen LogP) is 0.629. The van der Waals surface area contributed by atoms with E-state index in [1.807, 2.05) is 0 Å². The summed E-state index contributed by atoms with van der Waals surface area (Å²) in [6, 6.07) is 0.638. The van der Waals surface area contributed by atoms with E-state index >= 15 is 0 Å². The van der Waals surface area contributed by atoms with Gasteiger partial charge in [0.25, 0.3) is 0 Å². The van der Waals surface area contributed by atoms with Crippen LogP contribution in [0, 0.1) is 11.6 Å². The first-order valence-electron chi connectivity index (χ1n) is 3.69. The lowest BCUT2D eigenvalue weighted by Crippen LogP contribution is -2.22. The topological polar surface area (TPSA) is 72.3 Å². The summed E-state index contributed by atoms with van der Waals surface area (Å²) in [4.78, 5) is 0. The summed E-state index contributed by atoms with van der Waals surface area (Å²) in [5.74, 6) is -2.23. The monoisotopic (exact) mass is 188 g/mol. The zero-order chi connectivity index (χ0) is 10.0. The first-order valence-corrected chi connectivity index (χ1v) is 3.69. The average molecular weight is 188 g/mol. The van der Waals surface area contributed by atoms with Crippen LogP contribution in [0.1, 0.15) is 11.6 Å². The summed E-state index contributed by atoms with van der Waals surface area (Å²) in [6.45, 7) is -0.0177. The summed E-state index contributed by atoms with van der Waals surface area (Å²) in [6.07, 6.45) is 0. The third-order valence-corrected chi connectivity index (χ3v) is 1.70. The van der Waals surface area contributed by atoms with Crippen LogP contribution < -0.4 is 11.5 Å². The number of hydrogen-bond donors (Lipinski definition) is 3. The Morgan fingerprint density at radius 1 is 1.38 bits per heavy atom. The molecule has 0 aromatic heterocycles. The van der Waals surface area contributed by atoms with E-state index in [0.29, 0.717) is 6.07 Å². The van der Waals surface area contributed by atoms with Crippen molar-refractivity contribution in [1.82, 2.24) is 0 Å². The summed E-state index contributed by atoms with van der Waals surface area (Å²) >= 11 is 0. The molecule has 0 aliphatic carbocycles. The zero-order valence-corrected chi connectivity index (χ0v) is 6.80. The van der Waals surface area contributed by atoms with Crippen LogP contribution >= 0.6 is 0 Å². The molecule has 0 aliphatic rings. The Morgan fingerprint density at radius 3 is 2.46 bits per heavy atom. The van der Waals surface area contributed by atoms with Gasteiger partial charge in [0, 0.05) is 30.3 Å². The van der Waals surface area contributed by atoms with Gasteiger partial charge in [0.05, 0.1) is 0 Å². The molecule has 1 rings (SSSR count). The Bertz CT molecular complexity index is 294. The molecule has 3 nitrogen and oxygen atoms in total. The van der Waals surface area contributed by atoms with Crippen molar-refractivity contribution < 1.29 is 13.9 Å². The quantitative estimate of drug-likeness (QED) is 0.637.